The van der Waals surface area contributed by atoms with Gasteiger partial charge in [0.25, 0.3) is 5.69 Å². The summed E-state index contributed by atoms with van der Waals surface area (Å²) in [5.41, 5.74) is -0.857. The first-order chi connectivity index (χ1) is 9.83. The minimum atomic E-state index is -1.61. The zero-order valence-electron chi connectivity index (χ0n) is 11.3. The minimum absolute atomic E-state index is 0.166. The van der Waals surface area contributed by atoms with E-state index in [1.807, 2.05) is 0 Å². The van der Waals surface area contributed by atoms with Crippen LogP contribution in [0.15, 0.2) is 18.2 Å². The molecule has 0 bridgehead atoms. The van der Waals surface area contributed by atoms with Crippen LogP contribution in [0, 0.1) is 10.1 Å². The quantitative estimate of drug-likeness (QED) is 0.371. The Morgan fingerprint density at radius 1 is 1.24 bits per heavy atom. The Morgan fingerprint density at radius 3 is 2.14 bits per heavy atom. The second-order valence-corrected chi connectivity index (χ2v) is 4.11. The lowest BCUT2D eigenvalue weighted by Crippen LogP contribution is -2.33. The molecule has 0 amide bonds. The summed E-state index contributed by atoms with van der Waals surface area (Å²) in [6, 6.07) is 2.99. The summed E-state index contributed by atoms with van der Waals surface area (Å²) in [5, 5.41) is 39.5. The van der Waals surface area contributed by atoms with Crippen LogP contribution < -0.4 is 0 Å². The monoisotopic (exact) mass is 301 g/mol. The van der Waals surface area contributed by atoms with E-state index in [9.17, 15) is 25.1 Å². The van der Waals surface area contributed by atoms with Gasteiger partial charge in [0, 0.05) is 26.4 Å². The van der Waals surface area contributed by atoms with Gasteiger partial charge in [-0.2, -0.15) is 0 Å². The molecular formula is C12H15NO8. The number of carboxylic acid groups (broad SMARTS) is 1. The summed E-state index contributed by atoms with van der Waals surface area (Å²) in [7, 11) is 2.27. The Balaban J connectivity index is 3.48. The lowest BCUT2D eigenvalue weighted by atomic mass is 9.92. The molecule has 0 spiro atoms. The second kappa shape index (κ2) is 7.09. The van der Waals surface area contributed by atoms with E-state index in [0.717, 1.165) is 32.4 Å². The zero-order valence-corrected chi connectivity index (χ0v) is 11.3. The van der Waals surface area contributed by atoms with E-state index in [1.54, 1.807) is 0 Å². The number of non-ortho nitro benzene ring substituents is 1. The van der Waals surface area contributed by atoms with Crippen LogP contribution in [0.25, 0.3) is 0 Å². The molecule has 0 aliphatic carbocycles. The fraction of sp³-hybridized carbons (Fsp3) is 0.417. The number of benzene rings is 1. The van der Waals surface area contributed by atoms with Crippen LogP contribution in [0.4, 0.5) is 5.69 Å². The smallest absolute Gasteiger partial charge is 0.335 e. The van der Waals surface area contributed by atoms with Crippen LogP contribution >= 0.6 is 0 Å². The summed E-state index contributed by atoms with van der Waals surface area (Å²) in [4.78, 5) is 21.3. The standard InChI is InChI=1S/C12H15NO8/c1-20-11(16)9(12(17)21-2)8-5-6(13(18)19)3-4-7(8)10(14)15/h3-5,9,11-12,16-17H,1-2H3,(H,14,15). The van der Waals surface area contributed by atoms with Crippen LogP contribution in [0.1, 0.15) is 21.8 Å². The number of carbonyl (C=O) groups is 1. The van der Waals surface area contributed by atoms with E-state index in [1.165, 1.54) is 0 Å². The molecule has 0 heterocycles. The van der Waals surface area contributed by atoms with Gasteiger partial charge in [-0.3, -0.25) is 10.1 Å². The van der Waals surface area contributed by atoms with Crippen molar-refractivity contribution in [3.05, 3.63) is 39.4 Å². The van der Waals surface area contributed by atoms with Gasteiger partial charge < -0.3 is 24.8 Å². The molecule has 0 aromatic heterocycles. The van der Waals surface area contributed by atoms with Gasteiger partial charge in [-0.1, -0.05) is 0 Å². The molecule has 116 valence electrons. The Morgan fingerprint density at radius 2 is 1.76 bits per heavy atom. The minimum Gasteiger partial charge on any atom is -0.478 e. The van der Waals surface area contributed by atoms with Crippen molar-refractivity contribution in [2.75, 3.05) is 14.2 Å². The molecule has 21 heavy (non-hydrogen) atoms. The van der Waals surface area contributed by atoms with Crippen molar-refractivity contribution >= 4 is 11.7 Å². The number of hydrogen-bond donors (Lipinski definition) is 3. The van der Waals surface area contributed by atoms with E-state index in [2.05, 4.69) is 9.47 Å². The maximum Gasteiger partial charge on any atom is 0.335 e. The largest absolute Gasteiger partial charge is 0.478 e. The van der Waals surface area contributed by atoms with Gasteiger partial charge in [0.05, 0.1) is 16.4 Å². The highest BCUT2D eigenvalue weighted by Gasteiger charge is 2.33. The second-order valence-electron chi connectivity index (χ2n) is 4.11. The predicted octanol–water partition coefficient (Wildman–Crippen LogP) is 0.306. The van der Waals surface area contributed by atoms with Gasteiger partial charge in [-0.15, -0.1) is 0 Å². The molecule has 2 atom stereocenters. The van der Waals surface area contributed by atoms with Crippen LogP contribution in [0.3, 0.4) is 0 Å². The lowest BCUT2D eigenvalue weighted by molar-refractivity contribution is -0.385. The highest BCUT2D eigenvalue weighted by Crippen LogP contribution is 2.31. The maximum absolute atomic E-state index is 11.2. The maximum atomic E-state index is 11.2. The third kappa shape index (κ3) is 3.73. The van der Waals surface area contributed by atoms with E-state index < -0.39 is 29.4 Å². The first-order valence-electron chi connectivity index (χ1n) is 5.76. The van der Waals surface area contributed by atoms with Crippen LogP contribution in [0.5, 0.6) is 0 Å². The first kappa shape index (κ1) is 17.0. The fourth-order valence-corrected chi connectivity index (χ4v) is 1.88. The summed E-state index contributed by atoms with van der Waals surface area (Å²) in [6.45, 7) is 0. The number of rotatable bonds is 7. The Kier molecular flexibility index (Phi) is 5.73. The van der Waals surface area contributed by atoms with Gasteiger partial charge in [0.1, 0.15) is 0 Å². The van der Waals surface area contributed by atoms with Crippen LogP contribution in [-0.2, 0) is 9.47 Å². The third-order valence-electron chi connectivity index (χ3n) is 2.93. The number of aromatic carboxylic acids is 1. The molecule has 3 N–H and O–H groups in total. The predicted molar refractivity (Wildman–Crippen MR) is 68.8 cm³/mol. The fourth-order valence-electron chi connectivity index (χ4n) is 1.88. The molecule has 0 fully saturated rings. The molecule has 0 aliphatic heterocycles. The molecule has 1 aromatic carbocycles. The number of nitrogens with zero attached hydrogens (tertiary/aromatic N) is 1. The molecule has 1 aromatic rings. The molecule has 9 nitrogen and oxygen atoms in total. The molecule has 0 aliphatic rings. The number of ether oxygens (including phenoxy) is 2. The molecule has 2 unspecified atom stereocenters. The van der Waals surface area contributed by atoms with Crippen molar-refractivity contribution in [1.29, 1.82) is 0 Å². The molecule has 0 saturated carbocycles. The first-order valence-corrected chi connectivity index (χ1v) is 5.76. The van der Waals surface area contributed by atoms with Crippen LogP contribution in [0.2, 0.25) is 0 Å². The lowest BCUT2D eigenvalue weighted by Gasteiger charge is -2.26. The number of aliphatic hydroxyl groups is 2. The van der Waals surface area contributed by atoms with Crippen molar-refractivity contribution in [2.24, 2.45) is 0 Å². The number of nitro groups is 1. The average molecular weight is 301 g/mol. The Hall–Kier alpha value is -2.07. The van der Waals surface area contributed by atoms with Gasteiger partial charge in [0.2, 0.25) is 0 Å². The number of nitro benzene ring substituents is 1. The van der Waals surface area contributed by atoms with Crippen molar-refractivity contribution < 1.29 is 34.5 Å². The van der Waals surface area contributed by atoms with Gasteiger partial charge in [-0.25, -0.2) is 4.79 Å². The average Bonchev–Trinajstić information content (AvgIpc) is 2.46. The van der Waals surface area contributed by atoms with Crippen molar-refractivity contribution in [1.82, 2.24) is 0 Å². The molecular weight excluding hydrogens is 286 g/mol. The van der Waals surface area contributed by atoms with Gasteiger partial charge in [0.15, 0.2) is 12.6 Å². The summed E-state index contributed by atoms with van der Waals surface area (Å²) < 4.78 is 9.36. The molecule has 0 saturated heterocycles. The number of aliphatic hydroxyl groups excluding tert-OH is 2. The normalized spacial score (nSPS) is 15.2. The van der Waals surface area contributed by atoms with E-state index in [4.69, 9.17) is 5.11 Å². The molecule has 0 radical (unpaired) electrons. The zero-order chi connectivity index (χ0) is 16.2. The van der Waals surface area contributed by atoms with Crippen molar-refractivity contribution in [2.45, 2.75) is 18.5 Å². The highest BCUT2D eigenvalue weighted by atomic mass is 16.6. The number of hydrogen-bond acceptors (Lipinski definition) is 7. The number of methoxy groups -OCH3 is 2. The van der Waals surface area contributed by atoms with E-state index >= 15 is 0 Å². The topological polar surface area (TPSA) is 139 Å². The summed E-state index contributed by atoms with van der Waals surface area (Å²) in [6.07, 6.45) is -3.22. The number of carboxylic acids is 1. The molecule has 1 rings (SSSR count). The van der Waals surface area contributed by atoms with Crippen LogP contribution in [-0.4, -0.2) is 53.0 Å². The van der Waals surface area contributed by atoms with E-state index in [0.29, 0.717) is 0 Å². The Labute approximate surface area is 119 Å². The summed E-state index contributed by atoms with van der Waals surface area (Å²) >= 11 is 0. The third-order valence-corrected chi connectivity index (χ3v) is 2.93. The van der Waals surface area contributed by atoms with E-state index in [-0.39, 0.29) is 16.8 Å². The Bertz CT molecular complexity index is 522. The van der Waals surface area contributed by atoms with Gasteiger partial charge in [-0.05, 0) is 11.6 Å². The SMILES string of the molecule is COC(O)C(c1cc([N+](=O)[O-])ccc1C(=O)O)C(O)OC. The summed E-state index contributed by atoms with van der Waals surface area (Å²) in [5.74, 6) is -2.69. The van der Waals surface area contributed by atoms with Crippen molar-refractivity contribution in [3.8, 4) is 0 Å². The van der Waals surface area contributed by atoms with Gasteiger partial charge >= 0.3 is 5.97 Å². The van der Waals surface area contributed by atoms with Crippen molar-refractivity contribution in [3.63, 3.8) is 0 Å². The molecule has 9 heteroatoms. The highest BCUT2D eigenvalue weighted by molar-refractivity contribution is 5.90.